The molecule has 1 saturated carbocycles. The van der Waals surface area contributed by atoms with Gasteiger partial charge in [-0.1, -0.05) is 13.0 Å². The predicted molar refractivity (Wildman–Crippen MR) is 80.7 cm³/mol. The molecule has 5 heteroatoms. The van der Waals surface area contributed by atoms with Crippen LogP contribution in [0.5, 0.6) is 0 Å². The lowest BCUT2D eigenvalue weighted by Gasteiger charge is -2.35. The standard InChI is InChI=1S/C14H20N2OS.ClH/c1-10(11-7-15-8-11)14(17)16(12-4-5-12)9-13-3-2-6-18-13;/h2-3,6,10-12,15H,4-5,7-9H2,1H3;1H. The molecule has 2 heterocycles. The smallest absolute Gasteiger partial charge is 0.226 e. The van der Waals surface area contributed by atoms with Crippen LogP contribution in [0, 0.1) is 11.8 Å². The molecular formula is C14H21ClN2OS. The van der Waals surface area contributed by atoms with Crippen molar-refractivity contribution in [3.8, 4) is 0 Å². The zero-order chi connectivity index (χ0) is 12.5. The number of thiophene rings is 1. The second-order valence-electron chi connectivity index (χ2n) is 5.48. The Hall–Kier alpha value is -0.580. The van der Waals surface area contributed by atoms with Crippen molar-refractivity contribution in [1.82, 2.24) is 10.2 Å². The topological polar surface area (TPSA) is 32.3 Å². The SMILES string of the molecule is CC(C(=O)N(Cc1cccs1)C1CC1)C1CNC1.Cl. The molecule has 0 bridgehead atoms. The quantitative estimate of drug-likeness (QED) is 0.906. The van der Waals surface area contributed by atoms with E-state index >= 15 is 0 Å². The molecule has 1 aromatic heterocycles. The number of hydrogen-bond donors (Lipinski definition) is 1. The van der Waals surface area contributed by atoms with Crippen molar-refractivity contribution >= 4 is 29.7 Å². The number of rotatable bonds is 5. The van der Waals surface area contributed by atoms with E-state index in [2.05, 4.69) is 34.7 Å². The lowest BCUT2D eigenvalue weighted by atomic mass is 9.88. The molecule has 0 radical (unpaired) electrons. The van der Waals surface area contributed by atoms with Gasteiger partial charge in [0.2, 0.25) is 5.91 Å². The van der Waals surface area contributed by atoms with Crippen LogP contribution >= 0.6 is 23.7 Å². The Morgan fingerprint density at radius 3 is 2.74 bits per heavy atom. The molecule has 1 aliphatic heterocycles. The fourth-order valence-electron chi connectivity index (χ4n) is 2.47. The maximum absolute atomic E-state index is 12.6. The van der Waals surface area contributed by atoms with Gasteiger partial charge in [0.25, 0.3) is 0 Å². The van der Waals surface area contributed by atoms with Crippen molar-refractivity contribution in [3.63, 3.8) is 0 Å². The van der Waals surface area contributed by atoms with E-state index < -0.39 is 0 Å². The number of hydrogen-bond acceptors (Lipinski definition) is 3. The minimum absolute atomic E-state index is 0. The molecule has 2 fully saturated rings. The molecule has 3 rings (SSSR count). The maximum atomic E-state index is 12.6. The zero-order valence-corrected chi connectivity index (χ0v) is 12.8. The Kier molecular flexibility index (Phi) is 4.87. The van der Waals surface area contributed by atoms with Crippen molar-refractivity contribution in [1.29, 1.82) is 0 Å². The van der Waals surface area contributed by atoms with Gasteiger partial charge in [0.1, 0.15) is 0 Å². The summed E-state index contributed by atoms with van der Waals surface area (Å²) in [5.41, 5.74) is 0. The van der Waals surface area contributed by atoms with Crippen LogP contribution in [0.4, 0.5) is 0 Å². The van der Waals surface area contributed by atoms with Crippen LogP contribution in [0.2, 0.25) is 0 Å². The van der Waals surface area contributed by atoms with Gasteiger partial charge in [0, 0.05) is 16.8 Å². The Morgan fingerprint density at radius 2 is 2.26 bits per heavy atom. The summed E-state index contributed by atoms with van der Waals surface area (Å²) < 4.78 is 0. The molecule has 1 aliphatic carbocycles. The monoisotopic (exact) mass is 300 g/mol. The second kappa shape index (κ2) is 6.25. The number of nitrogens with zero attached hydrogens (tertiary/aromatic N) is 1. The van der Waals surface area contributed by atoms with E-state index in [0.717, 1.165) is 19.6 Å². The van der Waals surface area contributed by atoms with Crippen molar-refractivity contribution in [3.05, 3.63) is 22.4 Å². The van der Waals surface area contributed by atoms with Gasteiger partial charge < -0.3 is 10.2 Å². The molecule has 0 spiro atoms. The number of halogens is 1. The zero-order valence-electron chi connectivity index (χ0n) is 11.2. The fraction of sp³-hybridized carbons (Fsp3) is 0.643. The van der Waals surface area contributed by atoms with Crippen molar-refractivity contribution in [2.45, 2.75) is 32.4 Å². The molecule has 3 nitrogen and oxygen atoms in total. The van der Waals surface area contributed by atoms with Crippen LogP contribution in [-0.4, -0.2) is 29.9 Å². The Morgan fingerprint density at radius 1 is 1.53 bits per heavy atom. The average molecular weight is 301 g/mol. The van der Waals surface area contributed by atoms with E-state index in [1.54, 1.807) is 11.3 Å². The van der Waals surface area contributed by atoms with Gasteiger partial charge in [-0.25, -0.2) is 0 Å². The first-order valence-corrected chi connectivity index (χ1v) is 7.67. The third kappa shape index (κ3) is 3.30. The van der Waals surface area contributed by atoms with Gasteiger partial charge >= 0.3 is 0 Å². The molecule has 106 valence electrons. The van der Waals surface area contributed by atoms with Gasteiger partial charge in [-0.15, -0.1) is 23.7 Å². The Balaban J connectivity index is 0.00000133. The first-order valence-electron chi connectivity index (χ1n) is 6.79. The number of nitrogens with one attached hydrogen (secondary N) is 1. The molecule has 1 saturated heterocycles. The first kappa shape index (κ1) is 14.8. The number of amides is 1. The Bertz CT molecular complexity index is 415. The molecule has 2 aliphatic rings. The fourth-order valence-corrected chi connectivity index (χ4v) is 3.17. The van der Waals surface area contributed by atoms with Crippen LogP contribution in [0.25, 0.3) is 0 Å². The second-order valence-corrected chi connectivity index (χ2v) is 6.52. The molecule has 1 amide bonds. The summed E-state index contributed by atoms with van der Waals surface area (Å²) in [5.74, 6) is 1.08. The third-order valence-electron chi connectivity index (χ3n) is 4.09. The van der Waals surface area contributed by atoms with E-state index in [9.17, 15) is 4.79 Å². The highest BCUT2D eigenvalue weighted by Crippen LogP contribution is 2.32. The number of carbonyl (C=O) groups is 1. The summed E-state index contributed by atoms with van der Waals surface area (Å²) in [6.07, 6.45) is 2.37. The summed E-state index contributed by atoms with van der Waals surface area (Å²) in [7, 11) is 0. The highest BCUT2D eigenvalue weighted by atomic mass is 35.5. The van der Waals surface area contributed by atoms with Crippen molar-refractivity contribution in [2.75, 3.05) is 13.1 Å². The minimum Gasteiger partial charge on any atom is -0.334 e. The molecule has 0 aromatic carbocycles. The molecule has 1 unspecified atom stereocenters. The van der Waals surface area contributed by atoms with Crippen LogP contribution < -0.4 is 5.32 Å². The van der Waals surface area contributed by atoms with Gasteiger partial charge in [0.05, 0.1) is 6.54 Å². The highest BCUT2D eigenvalue weighted by Gasteiger charge is 2.38. The summed E-state index contributed by atoms with van der Waals surface area (Å²) in [6, 6.07) is 4.70. The van der Waals surface area contributed by atoms with E-state index in [1.807, 2.05) is 0 Å². The minimum atomic E-state index is 0. The Labute approximate surface area is 124 Å². The molecular weight excluding hydrogens is 280 g/mol. The third-order valence-corrected chi connectivity index (χ3v) is 4.95. The van der Waals surface area contributed by atoms with Crippen LogP contribution in [0.1, 0.15) is 24.6 Å². The van der Waals surface area contributed by atoms with E-state index in [-0.39, 0.29) is 18.3 Å². The van der Waals surface area contributed by atoms with E-state index in [1.165, 1.54) is 17.7 Å². The predicted octanol–water partition coefficient (Wildman–Crippen LogP) is 2.52. The van der Waals surface area contributed by atoms with Crippen molar-refractivity contribution < 1.29 is 4.79 Å². The van der Waals surface area contributed by atoms with Crippen LogP contribution in [0.15, 0.2) is 17.5 Å². The molecule has 1 N–H and O–H groups in total. The lowest BCUT2D eigenvalue weighted by molar-refractivity contribution is -0.138. The molecule has 19 heavy (non-hydrogen) atoms. The van der Waals surface area contributed by atoms with Crippen molar-refractivity contribution in [2.24, 2.45) is 11.8 Å². The number of carbonyl (C=O) groups excluding carboxylic acids is 1. The van der Waals surface area contributed by atoms with Crippen LogP contribution in [0.3, 0.4) is 0 Å². The summed E-state index contributed by atoms with van der Waals surface area (Å²) in [4.78, 5) is 16.0. The lowest BCUT2D eigenvalue weighted by Crippen LogP contribution is -2.50. The van der Waals surface area contributed by atoms with Gasteiger partial charge in [-0.3, -0.25) is 4.79 Å². The first-order chi connectivity index (χ1) is 8.75. The maximum Gasteiger partial charge on any atom is 0.226 e. The summed E-state index contributed by atoms with van der Waals surface area (Å²) in [5, 5.41) is 5.35. The molecule has 1 aromatic rings. The highest BCUT2D eigenvalue weighted by molar-refractivity contribution is 7.09. The average Bonchev–Trinajstić information content (AvgIpc) is 3.00. The molecule has 1 atom stereocenters. The summed E-state index contributed by atoms with van der Waals surface area (Å²) >= 11 is 1.75. The van der Waals surface area contributed by atoms with Gasteiger partial charge in [-0.2, -0.15) is 0 Å². The van der Waals surface area contributed by atoms with Gasteiger partial charge in [-0.05, 0) is 43.3 Å². The van der Waals surface area contributed by atoms with Gasteiger partial charge in [0.15, 0.2) is 0 Å². The normalized spacial score (nSPS) is 20.3. The summed E-state index contributed by atoms with van der Waals surface area (Å²) in [6.45, 7) is 4.91. The largest absolute Gasteiger partial charge is 0.334 e. The van der Waals surface area contributed by atoms with E-state index in [4.69, 9.17) is 0 Å². The van der Waals surface area contributed by atoms with Crippen LogP contribution in [-0.2, 0) is 11.3 Å². The van der Waals surface area contributed by atoms with E-state index in [0.29, 0.717) is 17.9 Å².